The van der Waals surface area contributed by atoms with Gasteiger partial charge in [0.1, 0.15) is 29.9 Å². The number of unbranched alkanes of at least 4 members (excludes halogenated alkanes) is 3. The molecule has 2 aromatic carbocycles. The second kappa shape index (κ2) is 29.8. The lowest BCUT2D eigenvalue weighted by atomic mass is 9.68. The number of ketones is 2. The fourth-order valence-corrected chi connectivity index (χ4v) is 13.5. The molecule has 1 fully saturated rings. The summed E-state index contributed by atoms with van der Waals surface area (Å²) in [7, 11) is 0. The van der Waals surface area contributed by atoms with Crippen LogP contribution in [0, 0.1) is 36.4 Å². The number of halogens is 1. The molecule has 0 bridgehead atoms. The van der Waals surface area contributed by atoms with Crippen molar-refractivity contribution in [2.24, 2.45) is 29.4 Å². The third-order valence-electron chi connectivity index (χ3n) is 18.3. The number of esters is 2. The molecule has 0 saturated carbocycles. The number of ether oxygens (including phenoxy) is 2. The lowest BCUT2D eigenvalue weighted by Crippen LogP contribution is -2.50. The lowest BCUT2D eigenvalue weighted by molar-refractivity contribution is -0.172. The summed E-state index contributed by atoms with van der Waals surface area (Å²) in [5, 5.41) is 19.0. The van der Waals surface area contributed by atoms with Gasteiger partial charge in [-0.25, -0.2) is 9.18 Å². The van der Waals surface area contributed by atoms with Gasteiger partial charge in [-0.3, -0.25) is 52.8 Å². The van der Waals surface area contributed by atoms with Crippen molar-refractivity contribution in [1.29, 1.82) is 0 Å². The minimum absolute atomic E-state index is 0.00175. The minimum Gasteiger partial charge on any atom is -0.460 e. The van der Waals surface area contributed by atoms with E-state index in [1.807, 2.05) is 37.3 Å². The number of fused-ring (bicyclic) bond motifs is 4. The molecule has 4 unspecified atom stereocenters. The highest BCUT2D eigenvalue weighted by Crippen LogP contribution is 2.50. The van der Waals surface area contributed by atoms with Crippen molar-refractivity contribution in [3.63, 3.8) is 0 Å². The highest BCUT2D eigenvalue weighted by molar-refractivity contribution is 6.02. The molecule has 484 valence electrons. The molecule has 2 aliphatic carbocycles. The molecule has 3 aliphatic heterocycles. The number of nitrogens with two attached hydrogens (primary N) is 1. The van der Waals surface area contributed by atoms with Crippen LogP contribution in [-0.2, 0) is 89.0 Å². The minimum atomic E-state index is -1.97. The third-order valence-corrected chi connectivity index (χ3v) is 18.3. The third kappa shape index (κ3) is 16.7. The van der Waals surface area contributed by atoms with Crippen molar-refractivity contribution in [3.05, 3.63) is 115 Å². The number of hydrogen-bond acceptors (Lipinski definition) is 14. The molecule has 0 spiro atoms. The van der Waals surface area contributed by atoms with E-state index in [0.717, 1.165) is 33.4 Å². The van der Waals surface area contributed by atoms with Gasteiger partial charge in [-0.1, -0.05) is 69.2 Å². The van der Waals surface area contributed by atoms with Gasteiger partial charge in [0.15, 0.2) is 11.4 Å². The largest absolute Gasteiger partial charge is 0.460 e. The molecule has 4 heterocycles. The summed E-state index contributed by atoms with van der Waals surface area (Å²) in [6.45, 7) is 9.85. The average molecular weight is 1240 g/mol. The second-order valence-electron chi connectivity index (χ2n) is 26.0. The van der Waals surface area contributed by atoms with Gasteiger partial charge in [-0.05, 0) is 155 Å². The first kappa shape index (κ1) is 68.0. The van der Waals surface area contributed by atoms with Crippen LogP contribution in [0.15, 0.2) is 59.4 Å². The predicted molar refractivity (Wildman–Crippen MR) is 332 cm³/mol. The molecule has 6 N–H and O–H groups in total. The number of nitrogens with one attached hydrogen (secondary N) is 3. The first-order chi connectivity index (χ1) is 42.7. The van der Waals surface area contributed by atoms with E-state index in [-0.39, 0.29) is 134 Å². The van der Waals surface area contributed by atoms with Crippen LogP contribution in [0.5, 0.6) is 0 Å². The van der Waals surface area contributed by atoms with Gasteiger partial charge in [0.05, 0.1) is 25.1 Å². The van der Waals surface area contributed by atoms with Crippen LogP contribution in [0.2, 0.25) is 0 Å². The van der Waals surface area contributed by atoms with Crippen LogP contribution in [0.25, 0.3) is 11.1 Å². The fraction of sp³-hybridized carbons (Fsp3) is 0.551. The Morgan fingerprint density at radius 2 is 1.57 bits per heavy atom. The number of imide groups is 1. The Morgan fingerprint density at radius 3 is 2.27 bits per heavy atom. The molecule has 21 heteroatoms. The monoisotopic (exact) mass is 1240 g/mol. The number of benzene rings is 2. The van der Waals surface area contributed by atoms with Crippen LogP contribution in [0.1, 0.15) is 194 Å². The van der Waals surface area contributed by atoms with Crippen molar-refractivity contribution < 1.29 is 66.9 Å². The highest BCUT2D eigenvalue weighted by Gasteiger charge is 2.46. The number of carbonyl (C=O) groups is 10. The zero-order valence-corrected chi connectivity index (χ0v) is 52.7. The van der Waals surface area contributed by atoms with E-state index in [9.17, 15) is 57.8 Å². The van der Waals surface area contributed by atoms with Crippen LogP contribution in [-0.4, -0.2) is 105 Å². The summed E-state index contributed by atoms with van der Waals surface area (Å²) in [6.07, 6.45) is 9.98. The molecular weight excluding hydrogens is 1160 g/mol. The highest BCUT2D eigenvalue weighted by atomic mass is 19.1. The number of pyridine rings is 1. The number of allylic oxidation sites excluding steroid dienone is 4. The number of primary amides is 1. The maximum atomic E-state index is 16.2. The molecule has 1 saturated heterocycles. The number of Topliss-reactive ketones (excluding diaryl/α,β-unsaturated/α-hetero) is 2. The molecule has 90 heavy (non-hydrogen) atoms. The van der Waals surface area contributed by atoms with E-state index in [4.69, 9.17) is 15.2 Å². The summed E-state index contributed by atoms with van der Waals surface area (Å²) in [6, 6.07) is 11.6. The smallest absolute Gasteiger partial charge is 0.343 e. The van der Waals surface area contributed by atoms with Crippen LogP contribution in [0.4, 0.5) is 4.39 Å². The number of rotatable bonds is 30. The summed E-state index contributed by atoms with van der Waals surface area (Å²) in [5.74, 6) is -6.33. The van der Waals surface area contributed by atoms with Crippen LogP contribution in [0.3, 0.4) is 0 Å². The predicted octanol–water partition coefficient (Wildman–Crippen LogP) is 7.10. The Morgan fingerprint density at radius 1 is 0.844 bits per heavy atom. The van der Waals surface area contributed by atoms with E-state index in [1.165, 1.54) is 4.90 Å². The topological polar surface area (TPSA) is 297 Å². The number of aliphatic hydroxyl groups is 1. The normalized spacial score (nSPS) is 21.3. The molecule has 20 nitrogen and oxygen atoms in total. The van der Waals surface area contributed by atoms with Gasteiger partial charge >= 0.3 is 11.9 Å². The summed E-state index contributed by atoms with van der Waals surface area (Å²) >= 11 is 0. The lowest BCUT2D eigenvalue weighted by Gasteiger charge is -2.37. The Kier molecular flexibility index (Phi) is 22.5. The summed E-state index contributed by atoms with van der Waals surface area (Å²) in [4.78, 5) is 144. The van der Waals surface area contributed by atoms with Gasteiger partial charge in [-0.15, -0.1) is 0 Å². The molecule has 7 atom stereocenters. The van der Waals surface area contributed by atoms with Crippen LogP contribution < -0.4 is 27.2 Å². The SMILES string of the molecule is CC[C@@]1(O)C(=O)OCc2c1cc1n(c2=O)CC2/C=C3/CC(C(CCCCC(=O)[C@@H](CCCC(=O)CNC(=O)CNC(=O)[C@H](CC(=O)OC(C)(C)C)NC(=O)CCCCCN4C(=O)CCC4=O)Cc4ccccc4)CC(N)=O)Cc4c(C)c(F)cc(c43)C(C)/C=C/12. The van der Waals surface area contributed by atoms with E-state index < -0.39 is 71.7 Å². The first-order valence-corrected chi connectivity index (χ1v) is 31.9. The van der Waals surface area contributed by atoms with Gasteiger partial charge in [0, 0.05) is 80.6 Å². The van der Waals surface area contributed by atoms with Crippen molar-refractivity contribution in [2.45, 2.75) is 200 Å². The number of aromatic nitrogens is 1. The van der Waals surface area contributed by atoms with Gasteiger partial charge < -0.3 is 40.8 Å². The molecule has 8 rings (SSSR count). The maximum absolute atomic E-state index is 16.2. The van der Waals surface area contributed by atoms with E-state index in [1.54, 1.807) is 51.3 Å². The van der Waals surface area contributed by atoms with E-state index in [2.05, 4.69) is 28.1 Å². The number of nitrogens with zero attached hydrogens (tertiary/aromatic N) is 2. The molecule has 0 radical (unpaired) electrons. The molecule has 3 aromatic rings. The summed E-state index contributed by atoms with van der Waals surface area (Å²) < 4.78 is 28.5. The number of carbonyl (C=O) groups excluding carboxylic acids is 10. The van der Waals surface area contributed by atoms with E-state index in [0.29, 0.717) is 88.4 Å². The average Bonchev–Trinajstić information content (AvgIpc) is 1.41. The first-order valence-electron chi connectivity index (χ1n) is 31.9. The molecule has 6 amide bonds. The standard InChI is InChI=1S/C69H87FN6O14/c1-7-69(88)53-34-56-51-27-40(2)49-33-54(70)41(3)50-31-45(29-46(64(49)50)30-47(51)38-76(56)66(86)52(53)39-89-67(69)87)43(32-58(71)79)19-13-14-22-57(78)44(28-42-17-10-8-11-18-42)20-16-21-48(77)36-72-60(81)37-73-65(85)55(35-63(84)90-68(4,5)6)74-59(80)23-12-9-15-26-75-61(82)24-25-62(75)83/h8,10-11,17-18,27,30,33-34,40,43-45,47,55,88H,7,9,12-16,19-26,28-29,31-32,35-39H2,1-6H3,(H2,71,79)(H,72,81)(H,73,85)(H,74,80)/b46-30-,51-27+/t40?,43?,44-,45?,47?,55-,69-/m0/s1. The maximum Gasteiger partial charge on any atom is 0.343 e. The van der Waals surface area contributed by atoms with E-state index >= 15 is 4.39 Å². The Bertz CT molecular complexity index is 3400. The number of cyclic esters (lactones) is 1. The Hall–Kier alpha value is -7.94. The summed E-state index contributed by atoms with van der Waals surface area (Å²) in [5.41, 5.74) is 9.86. The van der Waals surface area contributed by atoms with Gasteiger partial charge in [0.25, 0.3) is 5.56 Å². The molecular formula is C69H87FN6O14. The zero-order chi connectivity index (χ0) is 65.2. The fourth-order valence-electron chi connectivity index (χ4n) is 13.5. The second-order valence-corrected chi connectivity index (χ2v) is 26.0. The zero-order valence-electron chi connectivity index (χ0n) is 52.7. The Balaban J connectivity index is 0.844. The Labute approximate surface area is 524 Å². The van der Waals surface area contributed by atoms with Gasteiger partial charge in [-0.2, -0.15) is 0 Å². The van der Waals surface area contributed by atoms with Crippen molar-refractivity contribution in [3.8, 4) is 0 Å². The van der Waals surface area contributed by atoms with Gasteiger partial charge in [0.2, 0.25) is 35.4 Å². The number of hydrogen-bond donors (Lipinski definition) is 5. The van der Waals surface area contributed by atoms with Crippen molar-refractivity contribution >= 4 is 70.1 Å². The molecule has 5 aliphatic rings. The quantitative estimate of drug-likeness (QED) is 0.0253. The van der Waals surface area contributed by atoms with Crippen LogP contribution >= 0.6 is 0 Å². The van der Waals surface area contributed by atoms with Crippen molar-refractivity contribution in [2.75, 3.05) is 19.6 Å². The van der Waals surface area contributed by atoms with Crippen molar-refractivity contribution in [1.82, 2.24) is 25.4 Å². The number of likely N-dealkylation sites (tertiary alicyclic amines) is 1. The molecule has 1 aromatic heterocycles. The number of amides is 6.